The molecule has 0 heterocycles. The van der Waals surface area contributed by atoms with Crippen LogP contribution in [0.15, 0.2) is 24.3 Å². The smallest absolute Gasteiger partial charge is 0.0654 e. The fraction of sp³-hybridized carbons (Fsp3) is 0.625. The molecule has 100 valence electrons. The van der Waals surface area contributed by atoms with Crippen LogP contribution in [0.3, 0.4) is 0 Å². The summed E-state index contributed by atoms with van der Waals surface area (Å²) >= 11 is 0. The SMILES string of the molecule is [2H]C(CN)(CC1(O)C([2H])([2H])C([2H])([2H])C([2H])([2H])C([2H])([2H])C1([2H])[2H])c1ccc(C)cc1. The van der Waals surface area contributed by atoms with Gasteiger partial charge in [-0.25, -0.2) is 0 Å². The molecule has 0 spiro atoms. The predicted molar refractivity (Wildman–Crippen MR) is 75.6 cm³/mol. The minimum absolute atomic E-state index is 0.209. The zero-order chi connectivity index (χ0) is 22.9. The van der Waals surface area contributed by atoms with E-state index >= 15 is 0 Å². The molecule has 1 aliphatic carbocycles. The summed E-state index contributed by atoms with van der Waals surface area (Å²) in [5.41, 5.74) is 3.35. The van der Waals surface area contributed by atoms with E-state index in [0.717, 1.165) is 5.56 Å². The second-order valence-electron chi connectivity index (χ2n) is 4.34. The number of aryl methyl sites for hydroxylation is 1. The molecule has 1 fully saturated rings. The fourth-order valence-electron chi connectivity index (χ4n) is 1.81. The average molecular weight is 258 g/mol. The molecular weight excluding hydrogens is 222 g/mol. The highest BCUT2D eigenvalue weighted by atomic mass is 16.3. The normalized spacial score (nSPS) is 45.4. The molecular formula is C16H25NO. The fourth-order valence-corrected chi connectivity index (χ4v) is 1.81. The molecule has 1 unspecified atom stereocenters. The molecule has 1 aromatic carbocycles. The Morgan fingerprint density at radius 2 is 1.94 bits per heavy atom. The average Bonchev–Trinajstić information content (AvgIpc) is 2.60. The molecule has 2 rings (SSSR count). The van der Waals surface area contributed by atoms with Gasteiger partial charge in [0.1, 0.15) is 0 Å². The Morgan fingerprint density at radius 3 is 2.50 bits per heavy atom. The molecule has 1 atom stereocenters. The van der Waals surface area contributed by atoms with E-state index in [9.17, 15) is 5.11 Å². The van der Waals surface area contributed by atoms with Gasteiger partial charge in [-0.05, 0) is 44.1 Å². The minimum Gasteiger partial charge on any atom is -0.390 e. The summed E-state index contributed by atoms with van der Waals surface area (Å²) < 4.78 is 89.0. The van der Waals surface area contributed by atoms with Gasteiger partial charge < -0.3 is 10.8 Å². The van der Waals surface area contributed by atoms with Crippen molar-refractivity contribution in [2.24, 2.45) is 5.73 Å². The largest absolute Gasteiger partial charge is 0.390 e. The summed E-state index contributed by atoms with van der Waals surface area (Å²) in [4.78, 5) is 0. The number of benzene rings is 1. The first kappa shape index (κ1) is 5.26. The van der Waals surface area contributed by atoms with E-state index in [1.807, 2.05) is 0 Å². The van der Waals surface area contributed by atoms with Crippen molar-refractivity contribution in [3.8, 4) is 0 Å². The van der Waals surface area contributed by atoms with E-state index in [-0.39, 0.29) is 5.56 Å². The van der Waals surface area contributed by atoms with E-state index in [1.165, 1.54) is 12.1 Å². The molecule has 1 aromatic rings. The zero-order valence-corrected chi connectivity index (χ0v) is 10.2. The maximum absolute atomic E-state index is 11.2. The van der Waals surface area contributed by atoms with E-state index in [4.69, 9.17) is 20.8 Å². The van der Waals surface area contributed by atoms with E-state index in [2.05, 4.69) is 0 Å². The van der Waals surface area contributed by atoms with Gasteiger partial charge in [-0.2, -0.15) is 0 Å². The van der Waals surface area contributed by atoms with Gasteiger partial charge in [-0.3, -0.25) is 0 Å². The van der Waals surface area contributed by atoms with Crippen LogP contribution in [0.4, 0.5) is 0 Å². The van der Waals surface area contributed by atoms with Gasteiger partial charge in [-0.1, -0.05) is 48.9 Å². The molecule has 0 bridgehead atoms. The third-order valence-electron chi connectivity index (χ3n) is 2.84. The van der Waals surface area contributed by atoms with Crippen LogP contribution < -0.4 is 5.73 Å². The minimum atomic E-state index is -3.62. The maximum atomic E-state index is 11.2. The standard InChI is InChI=1S/C16H25NO/c1-13-5-7-14(8-6-13)15(12-17)11-16(18)9-3-2-4-10-16/h5-8,15,18H,2-4,9-12,17H2,1H3/i2D2,3D2,4D2,9D2,10D2,15D. The summed E-state index contributed by atoms with van der Waals surface area (Å²) in [6, 6.07) is 6.27. The second-order valence-corrected chi connectivity index (χ2v) is 4.34. The molecule has 2 nitrogen and oxygen atoms in total. The Hall–Kier alpha value is -0.860. The Bertz CT molecular complexity index is 748. The van der Waals surface area contributed by atoms with Crippen LogP contribution in [0.2, 0.25) is 0 Å². The molecule has 1 saturated carbocycles. The molecule has 2 heteroatoms. The third kappa shape index (κ3) is 3.33. The molecule has 3 N–H and O–H groups in total. The van der Waals surface area contributed by atoms with Gasteiger partial charge >= 0.3 is 0 Å². The number of hydrogen-bond acceptors (Lipinski definition) is 2. The first-order chi connectivity index (χ1) is 12.8. The van der Waals surface area contributed by atoms with Gasteiger partial charge in [0, 0.05) is 15.1 Å². The quantitative estimate of drug-likeness (QED) is 0.871. The summed E-state index contributed by atoms with van der Waals surface area (Å²) in [6.45, 7) is 1.29. The van der Waals surface area contributed by atoms with Crippen molar-refractivity contribution in [2.75, 3.05) is 6.54 Å². The Balaban J connectivity index is 2.74. The van der Waals surface area contributed by atoms with E-state index < -0.39 is 56.3 Å². The van der Waals surface area contributed by atoms with Crippen LogP contribution in [0.5, 0.6) is 0 Å². The second kappa shape index (κ2) is 5.85. The summed E-state index contributed by atoms with van der Waals surface area (Å²) in [5.74, 6) is -1.99. The monoisotopic (exact) mass is 258 g/mol. The molecule has 0 aromatic heterocycles. The number of hydrogen-bond donors (Lipinski definition) is 2. The molecule has 0 saturated heterocycles. The van der Waals surface area contributed by atoms with Crippen molar-refractivity contribution >= 4 is 0 Å². The van der Waals surface area contributed by atoms with Crippen LogP contribution in [-0.4, -0.2) is 17.3 Å². The number of rotatable bonds is 4. The van der Waals surface area contributed by atoms with Crippen molar-refractivity contribution in [1.29, 1.82) is 0 Å². The van der Waals surface area contributed by atoms with Crippen LogP contribution in [-0.2, 0) is 0 Å². The number of aliphatic hydroxyl groups is 1. The number of nitrogens with two attached hydrogens (primary N) is 1. The Morgan fingerprint density at radius 1 is 1.33 bits per heavy atom. The molecule has 0 radical (unpaired) electrons. The predicted octanol–water partition coefficient (Wildman–Crippen LogP) is 3.12. The van der Waals surface area contributed by atoms with Crippen molar-refractivity contribution in [3.05, 3.63) is 35.4 Å². The molecule has 0 aliphatic heterocycles. The van der Waals surface area contributed by atoms with Crippen molar-refractivity contribution in [2.45, 2.75) is 56.7 Å². The zero-order valence-electron chi connectivity index (χ0n) is 21.2. The van der Waals surface area contributed by atoms with E-state index in [0.29, 0.717) is 0 Å². The molecule has 18 heavy (non-hydrogen) atoms. The lowest BCUT2D eigenvalue weighted by atomic mass is 9.77. The summed E-state index contributed by atoms with van der Waals surface area (Å²) in [5, 5.41) is 11.2. The topological polar surface area (TPSA) is 46.2 Å². The highest BCUT2D eigenvalue weighted by molar-refractivity contribution is 5.25. The van der Waals surface area contributed by atoms with Gasteiger partial charge in [0.25, 0.3) is 0 Å². The van der Waals surface area contributed by atoms with Crippen LogP contribution in [0.1, 0.15) is 70.4 Å². The highest BCUT2D eigenvalue weighted by Crippen LogP contribution is 2.36. The van der Waals surface area contributed by atoms with Crippen molar-refractivity contribution in [3.63, 3.8) is 0 Å². The lowest BCUT2D eigenvalue weighted by Crippen LogP contribution is -2.34. The van der Waals surface area contributed by atoms with E-state index in [1.54, 1.807) is 19.1 Å². The molecule has 0 amide bonds. The summed E-state index contributed by atoms with van der Waals surface area (Å²) in [7, 11) is 0. The molecule has 1 aliphatic rings. The Labute approximate surface area is 126 Å². The van der Waals surface area contributed by atoms with Crippen molar-refractivity contribution < 1.29 is 20.2 Å². The lowest BCUT2D eigenvalue weighted by molar-refractivity contribution is -0.00927. The Kier molecular flexibility index (Phi) is 1.71. The lowest BCUT2D eigenvalue weighted by Gasteiger charge is -2.35. The van der Waals surface area contributed by atoms with Crippen LogP contribution in [0, 0.1) is 6.92 Å². The van der Waals surface area contributed by atoms with Gasteiger partial charge in [0.15, 0.2) is 0 Å². The third-order valence-corrected chi connectivity index (χ3v) is 2.84. The van der Waals surface area contributed by atoms with Crippen LogP contribution >= 0.6 is 0 Å². The van der Waals surface area contributed by atoms with Gasteiger partial charge in [-0.15, -0.1) is 0 Å². The van der Waals surface area contributed by atoms with Gasteiger partial charge in [0.05, 0.1) is 5.60 Å². The highest BCUT2D eigenvalue weighted by Gasteiger charge is 2.32. The summed E-state index contributed by atoms with van der Waals surface area (Å²) in [6.07, 6.45) is -19.1. The van der Waals surface area contributed by atoms with Gasteiger partial charge in [0.2, 0.25) is 0 Å². The first-order valence-corrected chi connectivity index (χ1v) is 5.76. The van der Waals surface area contributed by atoms with Crippen molar-refractivity contribution in [1.82, 2.24) is 0 Å². The van der Waals surface area contributed by atoms with Crippen LogP contribution in [0.25, 0.3) is 0 Å². The first-order valence-electron chi connectivity index (χ1n) is 11.3. The maximum Gasteiger partial charge on any atom is 0.0654 e.